The molecule has 0 saturated heterocycles. The Morgan fingerprint density at radius 2 is 1.90 bits per heavy atom. The molecule has 0 bridgehead atoms. The van der Waals surface area contributed by atoms with Crippen molar-refractivity contribution in [2.24, 2.45) is 0 Å². The van der Waals surface area contributed by atoms with E-state index in [9.17, 15) is 18.8 Å². The lowest BCUT2D eigenvalue weighted by molar-refractivity contribution is -0.137. The van der Waals surface area contributed by atoms with Gasteiger partial charge < -0.3 is 15.7 Å². The third kappa shape index (κ3) is 3.99. The maximum Gasteiger partial charge on any atom is 0.322 e. The van der Waals surface area contributed by atoms with Crippen molar-refractivity contribution < 1.29 is 23.9 Å². The van der Waals surface area contributed by atoms with E-state index in [1.54, 1.807) is 12.1 Å². The Balaban J connectivity index is 1.96. The van der Waals surface area contributed by atoms with Crippen LogP contribution in [-0.4, -0.2) is 36.0 Å². The fourth-order valence-electron chi connectivity index (χ4n) is 1.60. The quantitative estimate of drug-likeness (QED) is 0.767. The lowest BCUT2D eigenvalue weighted by Gasteiger charge is -2.03. The molecule has 0 spiro atoms. The molecule has 1 aromatic carbocycles. The molecule has 6 nitrogen and oxygen atoms in total. The molecule has 2 aromatic rings. The predicted octanol–water partition coefficient (Wildman–Crippen LogP) is 0.971. The number of halogens is 1. The zero-order valence-corrected chi connectivity index (χ0v) is 11.5. The van der Waals surface area contributed by atoms with E-state index in [0.717, 1.165) is 16.7 Å². The van der Waals surface area contributed by atoms with Crippen LogP contribution in [0.5, 0.6) is 0 Å². The second-order valence-corrected chi connectivity index (χ2v) is 5.23. The van der Waals surface area contributed by atoms with E-state index >= 15 is 0 Å². The first-order valence-electron chi connectivity index (χ1n) is 5.91. The number of benzene rings is 1. The maximum absolute atomic E-state index is 13.1. The minimum atomic E-state index is -1.17. The van der Waals surface area contributed by atoms with E-state index in [-0.39, 0.29) is 12.4 Å². The van der Waals surface area contributed by atoms with E-state index in [1.165, 1.54) is 12.1 Å². The first kappa shape index (κ1) is 14.9. The van der Waals surface area contributed by atoms with E-state index < -0.39 is 24.3 Å². The van der Waals surface area contributed by atoms with Gasteiger partial charge in [0.1, 0.15) is 12.4 Å². The second kappa shape index (κ2) is 6.31. The number of rotatable bonds is 5. The Hall–Kier alpha value is -2.48. The highest BCUT2D eigenvalue weighted by atomic mass is 32.1. The number of thiophene rings is 1. The molecule has 0 aliphatic heterocycles. The topological polar surface area (TPSA) is 95.5 Å². The van der Waals surface area contributed by atoms with Gasteiger partial charge in [0.05, 0.1) is 11.4 Å². The highest BCUT2D eigenvalue weighted by Crippen LogP contribution is 2.26. The van der Waals surface area contributed by atoms with Crippen LogP contribution in [0.1, 0.15) is 9.67 Å². The van der Waals surface area contributed by atoms with Gasteiger partial charge in [-0.25, -0.2) is 4.39 Å². The average molecular weight is 310 g/mol. The molecule has 0 aliphatic rings. The number of fused-ring (bicyclic) bond motifs is 1. The fraction of sp³-hybridized carbons (Fsp3) is 0.154. The van der Waals surface area contributed by atoms with E-state index in [1.807, 2.05) is 0 Å². The number of amides is 2. The van der Waals surface area contributed by atoms with Gasteiger partial charge in [0, 0.05) is 4.70 Å². The molecular formula is C13H11FN2O4S. The average Bonchev–Trinajstić information content (AvgIpc) is 2.85. The summed E-state index contributed by atoms with van der Waals surface area (Å²) in [5.41, 5.74) is 0. The first-order chi connectivity index (χ1) is 9.95. The Bertz CT molecular complexity index is 713. The summed E-state index contributed by atoms with van der Waals surface area (Å²) in [5, 5.41) is 13.6. The molecule has 0 radical (unpaired) electrons. The van der Waals surface area contributed by atoms with Gasteiger partial charge in [-0.1, -0.05) is 6.07 Å². The predicted molar refractivity (Wildman–Crippen MR) is 74.8 cm³/mol. The summed E-state index contributed by atoms with van der Waals surface area (Å²) in [7, 11) is 0. The third-order valence-electron chi connectivity index (χ3n) is 2.55. The maximum atomic E-state index is 13.1. The number of carboxylic acids is 1. The smallest absolute Gasteiger partial charge is 0.322 e. The molecular weight excluding hydrogens is 299 g/mol. The van der Waals surface area contributed by atoms with Crippen LogP contribution in [0, 0.1) is 5.82 Å². The molecule has 2 rings (SSSR count). The number of aliphatic carboxylic acids is 1. The minimum Gasteiger partial charge on any atom is -0.480 e. The van der Waals surface area contributed by atoms with Crippen LogP contribution in [-0.2, 0) is 9.59 Å². The van der Waals surface area contributed by atoms with Crippen LogP contribution in [0.25, 0.3) is 10.1 Å². The number of nitrogens with one attached hydrogen (secondary N) is 2. The molecule has 1 aromatic heterocycles. The summed E-state index contributed by atoms with van der Waals surface area (Å²) in [4.78, 5) is 33.7. The molecule has 0 saturated carbocycles. The van der Waals surface area contributed by atoms with Crippen molar-refractivity contribution in [1.82, 2.24) is 10.6 Å². The molecule has 1 heterocycles. The summed E-state index contributed by atoms with van der Waals surface area (Å²) < 4.78 is 13.7. The van der Waals surface area contributed by atoms with Crippen LogP contribution in [0.15, 0.2) is 24.3 Å². The third-order valence-corrected chi connectivity index (χ3v) is 3.65. The molecule has 0 unspecified atom stereocenters. The fourth-order valence-corrected chi connectivity index (χ4v) is 2.61. The Morgan fingerprint density at radius 3 is 2.62 bits per heavy atom. The van der Waals surface area contributed by atoms with Crippen molar-refractivity contribution in [1.29, 1.82) is 0 Å². The summed E-state index contributed by atoms with van der Waals surface area (Å²) in [6.07, 6.45) is 0. The Morgan fingerprint density at radius 1 is 1.14 bits per heavy atom. The van der Waals surface area contributed by atoms with Crippen LogP contribution < -0.4 is 10.6 Å². The normalized spacial score (nSPS) is 10.3. The van der Waals surface area contributed by atoms with Gasteiger partial charge in [0.25, 0.3) is 5.91 Å². The van der Waals surface area contributed by atoms with Gasteiger partial charge in [0.2, 0.25) is 5.91 Å². The summed E-state index contributed by atoms with van der Waals surface area (Å²) in [5.74, 6) is -2.62. The number of carbonyl (C=O) groups excluding carboxylic acids is 2. The number of hydrogen-bond donors (Lipinski definition) is 3. The lowest BCUT2D eigenvalue weighted by Crippen LogP contribution is -2.38. The van der Waals surface area contributed by atoms with Gasteiger partial charge >= 0.3 is 5.97 Å². The monoisotopic (exact) mass is 310 g/mol. The molecule has 0 atom stereocenters. The SMILES string of the molecule is O=C(O)CNC(=O)CNC(=O)c1cc2ccc(F)cc2s1. The molecule has 110 valence electrons. The largest absolute Gasteiger partial charge is 0.480 e. The number of carbonyl (C=O) groups is 3. The van der Waals surface area contributed by atoms with Crippen LogP contribution in [0.4, 0.5) is 4.39 Å². The van der Waals surface area contributed by atoms with Gasteiger partial charge in [-0.3, -0.25) is 14.4 Å². The summed E-state index contributed by atoms with van der Waals surface area (Å²) in [6.45, 7) is -0.828. The molecule has 2 amide bonds. The molecule has 8 heteroatoms. The van der Waals surface area contributed by atoms with E-state index in [4.69, 9.17) is 5.11 Å². The van der Waals surface area contributed by atoms with Gasteiger partial charge in [0.15, 0.2) is 0 Å². The first-order valence-corrected chi connectivity index (χ1v) is 6.73. The summed E-state index contributed by atoms with van der Waals surface area (Å²) >= 11 is 1.11. The zero-order chi connectivity index (χ0) is 15.4. The Labute approximate surface area is 122 Å². The minimum absolute atomic E-state index is 0.325. The van der Waals surface area contributed by atoms with Gasteiger partial charge in [-0.05, 0) is 23.6 Å². The molecule has 0 fully saturated rings. The van der Waals surface area contributed by atoms with Crippen molar-refractivity contribution >= 4 is 39.2 Å². The van der Waals surface area contributed by atoms with E-state index in [2.05, 4.69) is 10.6 Å². The standard InChI is InChI=1S/C13H11FN2O4S/c14-8-2-1-7-3-10(21-9(7)4-8)13(20)16-5-11(17)15-6-12(18)19/h1-4H,5-6H2,(H,15,17)(H,16,20)(H,18,19). The molecule has 21 heavy (non-hydrogen) atoms. The van der Waals surface area contributed by atoms with Crippen molar-refractivity contribution in [3.8, 4) is 0 Å². The van der Waals surface area contributed by atoms with E-state index in [0.29, 0.717) is 9.58 Å². The van der Waals surface area contributed by atoms with Crippen molar-refractivity contribution in [2.45, 2.75) is 0 Å². The van der Waals surface area contributed by atoms with Gasteiger partial charge in [-0.15, -0.1) is 11.3 Å². The molecule has 3 N–H and O–H groups in total. The highest BCUT2D eigenvalue weighted by Gasteiger charge is 2.12. The number of hydrogen-bond acceptors (Lipinski definition) is 4. The van der Waals surface area contributed by atoms with Gasteiger partial charge in [-0.2, -0.15) is 0 Å². The highest BCUT2D eigenvalue weighted by molar-refractivity contribution is 7.20. The van der Waals surface area contributed by atoms with Crippen LogP contribution in [0.2, 0.25) is 0 Å². The zero-order valence-electron chi connectivity index (χ0n) is 10.7. The summed E-state index contributed by atoms with van der Waals surface area (Å²) in [6, 6.07) is 5.80. The van der Waals surface area contributed by atoms with Crippen LogP contribution >= 0.6 is 11.3 Å². The lowest BCUT2D eigenvalue weighted by atomic mass is 10.2. The van der Waals surface area contributed by atoms with Crippen molar-refractivity contribution in [3.05, 3.63) is 35.0 Å². The van der Waals surface area contributed by atoms with Crippen molar-refractivity contribution in [2.75, 3.05) is 13.1 Å². The molecule has 0 aliphatic carbocycles. The Kier molecular flexibility index (Phi) is 4.49. The van der Waals surface area contributed by atoms with Crippen LogP contribution in [0.3, 0.4) is 0 Å². The van der Waals surface area contributed by atoms with Crippen molar-refractivity contribution in [3.63, 3.8) is 0 Å². The second-order valence-electron chi connectivity index (χ2n) is 4.15. The number of carboxylic acid groups (broad SMARTS) is 1.